The number of aryl methyl sites for hydroxylation is 1. The number of furan rings is 1. The Labute approximate surface area is 246 Å². The molecule has 10 nitrogen and oxygen atoms in total. The molecule has 3 aromatic heterocycles. The summed E-state index contributed by atoms with van der Waals surface area (Å²) in [6.45, 7) is 14.4. The van der Waals surface area contributed by atoms with Crippen LogP contribution >= 0.6 is 0 Å². The number of hydrogen-bond acceptors (Lipinski definition) is 8. The van der Waals surface area contributed by atoms with Gasteiger partial charge in [-0.05, 0) is 62.7 Å². The number of carbonyl (C=O) groups excluding carboxylic acids is 1. The van der Waals surface area contributed by atoms with Gasteiger partial charge in [-0.15, -0.1) is 5.10 Å². The largest absolute Gasteiger partial charge is 0.455 e. The quantitative estimate of drug-likeness (QED) is 0.324. The van der Waals surface area contributed by atoms with E-state index in [0.29, 0.717) is 24.7 Å². The molecule has 0 saturated carbocycles. The number of amides is 1. The first-order valence-corrected chi connectivity index (χ1v) is 14.7. The molecule has 0 unspecified atom stereocenters. The molecule has 2 aliphatic heterocycles. The van der Waals surface area contributed by atoms with Crippen molar-refractivity contribution >= 4 is 17.3 Å². The van der Waals surface area contributed by atoms with Crippen molar-refractivity contribution in [2.45, 2.75) is 52.5 Å². The molecular formula is C32H39N7O3. The first kappa shape index (κ1) is 28.1. The standard InChI is InChI=1S/C32H39N7O3/c1-22-7-8-25(34-31(40)29-16-24(20-37-9-5-6-10-37)30(42-29)32(2,3)4)17-28(22)39-21-27(35-36-39)23-15-26(19-33-18-23)38-11-13-41-14-12-38/h7-8,15-19,21H,5-6,9-14,20H2,1-4H3,(H,34,40). The van der Waals surface area contributed by atoms with E-state index in [1.807, 2.05) is 43.6 Å². The van der Waals surface area contributed by atoms with Gasteiger partial charge in [-0.1, -0.05) is 32.1 Å². The average Bonchev–Trinajstić information content (AvgIpc) is 3.76. The highest BCUT2D eigenvalue weighted by atomic mass is 16.5. The van der Waals surface area contributed by atoms with E-state index >= 15 is 0 Å². The zero-order chi connectivity index (χ0) is 29.3. The Bertz CT molecular complexity index is 1560. The number of pyridine rings is 1. The summed E-state index contributed by atoms with van der Waals surface area (Å²) < 4.78 is 13.4. The lowest BCUT2D eigenvalue weighted by Gasteiger charge is -2.28. The summed E-state index contributed by atoms with van der Waals surface area (Å²) in [5.74, 6) is 0.923. The van der Waals surface area contributed by atoms with E-state index in [4.69, 9.17) is 9.15 Å². The number of carbonyl (C=O) groups is 1. The van der Waals surface area contributed by atoms with Crippen molar-refractivity contribution in [1.82, 2.24) is 24.9 Å². The second-order valence-corrected chi connectivity index (χ2v) is 12.2. The Balaban J connectivity index is 1.21. The summed E-state index contributed by atoms with van der Waals surface area (Å²) in [6.07, 6.45) is 8.00. The van der Waals surface area contributed by atoms with Crippen LogP contribution in [0, 0.1) is 6.92 Å². The minimum Gasteiger partial charge on any atom is -0.455 e. The van der Waals surface area contributed by atoms with Gasteiger partial charge in [-0.3, -0.25) is 14.7 Å². The lowest BCUT2D eigenvalue weighted by Crippen LogP contribution is -2.36. The van der Waals surface area contributed by atoms with Gasteiger partial charge in [0.05, 0.1) is 37.0 Å². The average molecular weight is 570 g/mol. The predicted octanol–water partition coefficient (Wildman–Crippen LogP) is 5.21. The lowest BCUT2D eigenvalue weighted by molar-refractivity contribution is 0.0993. The van der Waals surface area contributed by atoms with Gasteiger partial charge in [0, 0.05) is 48.1 Å². The molecule has 4 aromatic rings. The molecule has 0 atom stereocenters. The Morgan fingerprint density at radius 3 is 2.57 bits per heavy atom. The van der Waals surface area contributed by atoms with Gasteiger partial charge in [-0.25, -0.2) is 4.68 Å². The third-order valence-electron chi connectivity index (χ3n) is 7.91. The SMILES string of the molecule is Cc1ccc(NC(=O)c2cc(CN3CCCC3)c(C(C)(C)C)o2)cc1-n1cc(-c2cncc(N3CCOCC3)c2)nn1. The zero-order valence-corrected chi connectivity index (χ0v) is 24.9. The molecule has 220 valence electrons. The van der Waals surface area contributed by atoms with Crippen molar-refractivity contribution in [2.75, 3.05) is 49.6 Å². The van der Waals surface area contributed by atoms with Crippen molar-refractivity contribution in [3.05, 3.63) is 71.6 Å². The molecule has 10 heteroatoms. The van der Waals surface area contributed by atoms with Crippen molar-refractivity contribution in [3.8, 4) is 16.9 Å². The summed E-state index contributed by atoms with van der Waals surface area (Å²) in [7, 11) is 0. The van der Waals surface area contributed by atoms with Gasteiger partial charge in [0.15, 0.2) is 5.76 Å². The van der Waals surface area contributed by atoms with Crippen LogP contribution in [0.4, 0.5) is 11.4 Å². The van der Waals surface area contributed by atoms with Crippen molar-refractivity contribution in [1.29, 1.82) is 0 Å². The number of nitrogens with one attached hydrogen (secondary N) is 1. The molecule has 2 fully saturated rings. The molecule has 5 heterocycles. The van der Waals surface area contributed by atoms with Crippen molar-refractivity contribution < 1.29 is 13.9 Å². The number of hydrogen-bond donors (Lipinski definition) is 1. The lowest BCUT2D eigenvalue weighted by atomic mass is 9.90. The molecule has 1 N–H and O–H groups in total. The molecule has 42 heavy (non-hydrogen) atoms. The van der Waals surface area contributed by atoms with E-state index in [1.54, 1.807) is 10.9 Å². The maximum absolute atomic E-state index is 13.4. The van der Waals surface area contributed by atoms with E-state index in [2.05, 4.69) is 57.3 Å². The van der Waals surface area contributed by atoms with Crippen LogP contribution in [0.2, 0.25) is 0 Å². The fourth-order valence-corrected chi connectivity index (χ4v) is 5.68. The molecule has 0 bridgehead atoms. The first-order chi connectivity index (χ1) is 20.2. The molecule has 1 amide bonds. The monoisotopic (exact) mass is 569 g/mol. The Morgan fingerprint density at radius 2 is 1.81 bits per heavy atom. The summed E-state index contributed by atoms with van der Waals surface area (Å²) in [4.78, 5) is 22.5. The molecule has 0 aliphatic carbocycles. The fraction of sp³-hybridized carbons (Fsp3) is 0.438. The fourth-order valence-electron chi connectivity index (χ4n) is 5.68. The number of anilines is 2. The van der Waals surface area contributed by atoms with Gasteiger partial charge >= 0.3 is 0 Å². The van der Waals surface area contributed by atoms with Crippen LogP contribution in [0.3, 0.4) is 0 Å². The van der Waals surface area contributed by atoms with Gasteiger partial charge in [0.25, 0.3) is 5.91 Å². The van der Waals surface area contributed by atoms with Crippen LogP contribution in [0.25, 0.3) is 16.9 Å². The molecule has 2 aliphatic rings. The Kier molecular flexibility index (Phi) is 7.83. The van der Waals surface area contributed by atoms with E-state index in [-0.39, 0.29) is 11.3 Å². The number of ether oxygens (including phenoxy) is 1. The maximum Gasteiger partial charge on any atom is 0.291 e. The smallest absolute Gasteiger partial charge is 0.291 e. The molecular weight excluding hydrogens is 530 g/mol. The van der Waals surface area contributed by atoms with Gasteiger partial charge in [0.1, 0.15) is 11.5 Å². The zero-order valence-electron chi connectivity index (χ0n) is 24.9. The third-order valence-corrected chi connectivity index (χ3v) is 7.91. The predicted molar refractivity (Wildman–Crippen MR) is 162 cm³/mol. The van der Waals surface area contributed by atoms with Crippen LogP contribution in [0.15, 0.2) is 53.3 Å². The maximum atomic E-state index is 13.4. The van der Waals surface area contributed by atoms with E-state index in [0.717, 1.165) is 72.2 Å². The van der Waals surface area contributed by atoms with Gasteiger partial charge in [-0.2, -0.15) is 0 Å². The van der Waals surface area contributed by atoms with Crippen LogP contribution in [-0.4, -0.2) is 70.2 Å². The van der Waals surface area contributed by atoms with Crippen molar-refractivity contribution in [2.24, 2.45) is 0 Å². The van der Waals surface area contributed by atoms with Crippen LogP contribution in [0.5, 0.6) is 0 Å². The van der Waals surface area contributed by atoms with E-state index < -0.39 is 0 Å². The summed E-state index contributed by atoms with van der Waals surface area (Å²) in [6, 6.07) is 9.76. The highest BCUT2D eigenvalue weighted by Crippen LogP contribution is 2.31. The van der Waals surface area contributed by atoms with Crippen LogP contribution < -0.4 is 10.2 Å². The van der Waals surface area contributed by atoms with Crippen molar-refractivity contribution in [3.63, 3.8) is 0 Å². The van der Waals surface area contributed by atoms with E-state index in [1.165, 1.54) is 12.8 Å². The summed E-state index contributed by atoms with van der Waals surface area (Å²) >= 11 is 0. The minimum atomic E-state index is -0.270. The summed E-state index contributed by atoms with van der Waals surface area (Å²) in [5.41, 5.74) is 6.03. The molecule has 2 saturated heterocycles. The number of morpholine rings is 1. The topological polar surface area (TPSA) is 102 Å². The number of rotatable bonds is 7. The van der Waals surface area contributed by atoms with Crippen LogP contribution in [-0.2, 0) is 16.7 Å². The third kappa shape index (κ3) is 6.10. The summed E-state index contributed by atoms with van der Waals surface area (Å²) in [5, 5.41) is 11.9. The molecule has 0 spiro atoms. The molecule has 0 radical (unpaired) electrons. The Morgan fingerprint density at radius 1 is 1.02 bits per heavy atom. The number of aromatic nitrogens is 4. The molecule has 1 aromatic carbocycles. The van der Waals surface area contributed by atoms with Gasteiger partial charge in [0.2, 0.25) is 0 Å². The number of likely N-dealkylation sites (tertiary alicyclic amines) is 1. The number of benzene rings is 1. The van der Waals surface area contributed by atoms with E-state index in [9.17, 15) is 4.79 Å². The van der Waals surface area contributed by atoms with Crippen LogP contribution in [0.1, 0.15) is 61.1 Å². The molecule has 6 rings (SSSR count). The first-order valence-electron chi connectivity index (χ1n) is 14.7. The Hall–Kier alpha value is -4.02. The van der Waals surface area contributed by atoms with Gasteiger partial charge < -0.3 is 19.4 Å². The second kappa shape index (κ2) is 11.7. The highest BCUT2D eigenvalue weighted by Gasteiger charge is 2.27. The number of nitrogens with zero attached hydrogens (tertiary/aromatic N) is 6. The highest BCUT2D eigenvalue weighted by molar-refractivity contribution is 6.02. The minimum absolute atomic E-state index is 0.202. The normalized spacial score (nSPS) is 16.2. The second-order valence-electron chi connectivity index (χ2n) is 12.2.